The summed E-state index contributed by atoms with van der Waals surface area (Å²) in [6, 6.07) is 12.3. The van der Waals surface area contributed by atoms with Gasteiger partial charge in [0.1, 0.15) is 5.84 Å². The van der Waals surface area contributed by atoms with Crippen LogP contribution in [0.15, 0.2) is 36.4 Å². The van der Waals surface area contributed by atoms with Crippen molar-refractivity contribution in [2.75, 3.05) is 18.0 Å². The van der Waals surface area contributed by atoms with Crippen LogP contribution in [0.3, 0.4) is 0 Å². The molecule has 3 nitrogen and oxygen atoms in total. The van der Waals surface area contributed by atoms with E-state index < -0.39 is 0 Å². The number of nitrogens with two attached hydrogens (primary N) is 1. The number of nitrogen functional groups attached to an aromatic ring is 1. The van der Waals surface area contributed by atoms with E-state index in [9.17, 15) is 0 Å². The van der Waals surface area contributed by atoms with Crippen molar-refractivity contribution in [1.29, 1.82) is 5.41 Å². The molecule has 0 spiro atoms. The highest BCUT2D eigenvalue weighted by Crippen LogP contribution is 2.30. The maximum absolute atomic E-state index is 7.75. The maximum Gasteiger partial charge on any atom is 0.123 e. The van der Waals surface area contributed by atoms with Crippen LogP contribution in [0.4, 0.5) is 5.69 Å². The predicted octanol–water partition coefficient (Wildman–Crippen LogP) is 4.00. The van der Waals surface area contributed by atoms with Gasteiger partial charge in [0.05, 0.1) is 0 Å². The second-order valence-corrected chi connectivity index (χ2v) is 5.64. The van der Waals surface area contributed by atoms with E-state index in [4.69, 9.17) is 11.1 Å². The molecular weight excluding hydrogens is 258 g/mol. The van der Waals surface area contributed by atoms with Gasteiger partial charge in [0.2, 0.25) is 0 Å². The van der Waals surface area contributed by atoms with Gasteiger partial charge in [-0.3, -0.25) is 5.41 Å². The molecule has 2 aromatic carbocycles. The van der Waals surface area contributed by atoms with E-state index in [2.05, 4.69) is 37.8 Å². The van der Waals surface area contributed by atoms with Crippen molar-refractivity contribution in [3.63, 3.8) is 0 Å². The van der Waals surface area contributed by atoms with E-state index in [-0.39, 0.29) is 5.84 Å². The third kappa shape index (κ3) is 3.18. The number of anilines is 1. The standard InChI is InChI=1S/C18H25N3/c1-4-13(3)12-21(5-2)17-11-10-16(18(19)20)14-8-6-7-9-15(14)17/h6-11,13H,4-5,12H2,1-3H3,(H3,19,20). The van der Waals surface area contributed by atoms with Gasteiger partial charge in [0.15, 0.2) is 0 Å². The zero-order chi connectivity index (χ0) is 15.4. The molecule has 2 rings (SSSR count). The Kier molecular flexibility index (Phi) is 4.84. The molecule has 0 radical (unpaired) electrons. The average molecular weight is 283 g/mol. The molecule has 0 aliphatic heterocycles. The van der Waals surface area contributed by atoms with E-state index in [0.717, 1.165) is 24.0 Å². The third-order valence-electron chi connectivity index (χ3n) is 4.14. The van der Waals surface area contributed by atoms with Gasteiger partial charge in [-0.1, -0.05) is 44.5 Å². The normalized spacial score (nSPS) is 12.3. The minimum absolute atomic E-state index is 0.128. The summed E-state index contributed by atoms with van der Waals surface area (Å²) >= 11 is 0. The van der Waals surface area contributed by atoms with Crippen molar-refractivity contribution < 1.29 is 0 Å². The van der Waals surface area contributed by atoms with Gasteiger partial charge >= 0.3 is 0 Å². The lowest BCUT2D eigenvalue weighted by atomic mass is 10.0. The first kappa shape index (κ1) is 15.4. The number of rotatable bonds is 6. The van der Waals surface area contributed by atoms with Crippen LogP contribution in [-0.4, -0.2) is 18.9 Å². The minimum atomic E-state index is 0.128. The summed E-state index contributed by atoms with van der Waals surface area (Å²) in [6.45, 7) is 8.74. The van der Waals surface area contributed by atoms with Crippen molar-refractivity contribution >= 4 is 22.3 Å². The van der Waals surface area contributed by atoms with E-state index in [0.29, 0.717) is 5.92 Å². The van der Waals surface area contributed by atoms with Crippen LogP contribution in [0.25, 0.3) is 10.8 Å². The second kappa shape index (κ2) is 6.61. The summed E-state index contributed by atoms with van der Waals surface area (Å²) in [6.07, 6.45) is 1.18. The highest BCUT2D eigenvalue weighted by atomic mass is 15.1. The molecule has 0 fully saturated rings. The summed E-state index contributed by atoms with van der Waals surface area (Å²) in [5.74, 6) is 0.791. The van der Waals surface area contributed by atoms with Crippen LogP contribution in [-0.2, 0) is 0 Å². The molecule has 0 heterocycles. The van der Waals surface area contributed by atoms with Crippen LogP contribution in [0, 0.1) is 11.3 Å². The van der Waals surface area contributed by atoms with Crippen LogP contribution in [0.5, 0.6) is 0 Å². The fraction of sp³-hybridized carbons (Fsp3) is 0.389. The highest BCUT2D eigenvalue weighted by Gasteiger charge is 2.13. The molecule has 1 atom stereocenters. The highest BCUT2D eigenvalue weighted by molar-refractivity contribution is 6.10. The topological polar surface area (TPSA) is 53.1 Å². The Morgan fingerprint density at radius 1 is 1.14 bits per heavy atom. The Balaban J connectivity index is 2.54. The lowest BCUT2D eigenvalue weighted by molar-refractivity contribution is 0.549. The van der Waals surface area contributed by atoms with Crippen LogP contribution in [0.2, 0.25) is 0 Å². The van der Waals surface area contributed by atoms with Crippen molar-refractivity contribution in [3.05, 3.63) is 42.0 Å². The number of nitrogens with zero attached hydrogens (tertiary/aromatic N) is 1. The number of benzene rings is 2. The first-order valence-corrected chi connectivity index (χ1v) is 7.69. The molecule has 0 saturated carbocycles. The molecule has 2 aromatic rings. The Labute approximate surface area is 127 Å². The molecule has 0 saturated heterocycles. The summed E-state index contributed by atoms with van der Waals surface area (Å²) < 4.78 is 0. The number of amidine groups is 1. The molecule has 0 aliphatic carbocycles. The van der Waals surface area contributed by atoms with Crippen molar-refractivity contribution in [2.45, 2.75) is 27.2 Å². The number of hydrogen-bond acceptors (Lipinski definition) is 2. The van der Waals surface area contributed by atoms with Crippen molar-refractivity contribution in [3.8, 4) is 0 Å². The smallest absolute Gasteiger partial charge is 0.123 e. The average Bonchev–Trinajstić information content (AvgIpc) is 2.51. The molecule has 3 heteroatoms. The van der Waals surface area contributed by atoms with E-state index >= 15 is 0 Å². The number of fused-ring (bicyclic) bond motifs is 1. The number of nitrogens with one attached hydrogen (secondary N) is 1. The quantitative estimate of drug-likeness (QED) is 0.622. The first-order chi connectivity index (χ1) is 10.1. The van der Waals surface area contributed by atoms with Gasteiger partial charge in [-0.05, 0) is 30.4 Å². The summed E-state index contributed by atoms with van der Waals surface area (Å²) in [4.78, 5) is 2.42. The second-order valence-electron chi connectivity index (χ2n) is 5.64. The van der Waals surface area contributed by atoms with Gasteiger partial charge < -0.3 is 10.6 Å². The Bertz CT molecular complexity index is 633. The maximum atomic E-state index is 7.75. The molecule has 0 aromatic heterocycles. The summed E-state index contributed by atoms with van der Waals surface area (Å²) in [5.41, 5.74) is 7.76. The third-order valence-corrected chi connectivity index (χ3v) is 4.14. The van der Waals surface area contributed by atoms with Gasteiger partial charge in [-0.15, -0.1) is 0 Å². The lowest BCUT2D eigenvalue weighted by Gasteiger charge is -2.28. The monoisotopic (exact) mass is 283 g/mol. The van der Waals surface area contributed by atoms with Crippen LogP contribution in [0.1, 0.15) is 32.8 Å². The molecule has 21 heavy (non-hydrogen) atoms. The Hall–Kier alpha value is -2.03. The van der Waals surface area contributed by atoms with Gasteiger partial charge in [-0.25, -0.2) is 0 Å². The molecule has 3 N–H and O–H groups in total. The molecule has 0 aliphatic rings. The fourth-order valence-electron chi connectivity index (χ4n) is 2.70. The molecule has 1 unspecified atom stereocenters. The van der Waals surface area contributed by atoms with Crippen LogP contribution < -0.4 is 10.6 Å². The SMILES string of the molecule is CCC(C)CN(CC)c1ccc(C(=N)N)c2ccccc12. The van der Waals surface area contributed by atoms with E-state index in [1.807, 2.05) is 24.3 Å². The predicted molar refractivity (Wildman–Crippen MR) is 92.3 cm³/mol. The minimum Gasteiger partial charge on any atom is -0.384 e. The fourth-order valence-corrected chi connectivity index (χ4v) is 2.70. The summed E-state index contributed by atoms with van der Waals surface area (Å²) in [7, 11) is 0. The van der Waals surface area contributed by atoms with E-state index in [1.54, 1.807) is 0 Å². The van der Waals surface area contributed by atoms with Gasteiger partial charge in [-0.2, -0.15) is 0 Å². The molecular formula is C18H25N3. The Morgan fingerprint density at radius 2 is 1.81 bits per heavy atom. The van der Waals surface area contributed by atoms with E-state index in [1.165, 1.54) is 17.5 Å². The Morgan fingerprint density at radius 3 is 2.38 bits per heavy atom. The number of hydrogen-bond donors (Lipinski definition) is 2. The zero-order valence-corrected chi connectivity index (χ0v) is 13.2. The van der Waals surface area contributed by atoms with Crippen molar-refractivity contribution in [2.24, 2.45) is 11.7 Å². The molecule has 0 amide bonds. The zero-order valence-electron chi connectivity index (χ0n) is 13.2. The molecule has 0 bridgehead atoms. The van der Waals surface area contributed by atoms with Crippen LogP contribution >= 0.6 is 0 Å². The first-order valence-electron chi connectivity index (χ1n) is 7.69. The van der Waals surface area contributed by atoms with Gasteiger partial charge in [0.25, 0.3) is 0 Å². The van der Waals surface area contributed by atoms with Crippen molar-refractivity contribution in [1.82, 2.24) is 0 Å². The van der Waals surface area contributed by atoms with Gasteiger partial charge in [0, 0.05) is 29.7 Å². The summed E-state index contributed by atoms with van der Waals surface area (Å²) in [5, 5.41) is 9.98. The molecule has 112 valence electrons. The largest absolute Gasteiger partial charge is 0.384 e. The lowest BCUT2D eigenvalue weighted by Crippen LogP contribution is -2.28.